The first kappa shape index (κ1) is 18.3. The number of sulfonamides is 1. The Morgan fingerprint density at radius 1 is 1.26 bits per heavy atom. The molecule has 0 spiro atoms. The molecule has 128 valence electrons. The molecule has 0 atom stereocenters. The van der Waals surface area contributed by atoms with E-state index in [9.17, 15) is 13.2 Å². The molecule has 1 saturated carbocycles. The quantitative estimate of drug-likeness (QED) is 0.769. The predicted molar refractivity (Wildman–Crippen MR) is 96.0 cm³/mol. The van der Waals surface area contributed by atoms with E-state index in [2.05, 4.69) is 21.2 Å². The first-order valence-corrected chi connectivity index (χ1v) is 10.5. The second-order valence-electron chi connectivity index (χ2n) is 6.01. The van der Waals surface area contributed by atoms with Crippen LogP contribution >= 0.6 is 15.9 Å². The van der Waals surface area contributed by atoms with Crippen LogP contribution in [0.3, 0.4) is 0 Å². The predicted octanol–water partition coefficient (Wildman–Crippen LogP) is 3.05. The molecule has 1 N–H and O–H groups in total. The zero-order valence-corrected chi connectivity index (χ0v) is 15.7. The minimum atomic E-state index is -3.53. The largest absolute Gasteiger partial charge is 0.352 e. The third-order valence-electron chi connectivity index (χ3n) is 4.00. The first-order valence-electron chi connectivity index (χ1n) is 7.89. The molecule has 1 aromatic rings. The monoisotopic (exact) mass is 402 g/mol. The molecule has 1 aliphatic rings. The van der Waals surface area contributed by atoms with Crippen molar-refractivity contribution in [3.8, 4) is 0 Å². The minimum absolute atomic E-state index is 0.161. The van der Waals surface area contributed by atoms with Gasteiger partial charge >= 0.3 is 0 Å². The van der Waals surface area contributed by atoms with Crippen LogP contribution in [0.1, 0.15) is 38.5 Å². The number of amides is 1. The maximum Gasteiger partial charge on any atom is 0.240 e. The smallest absolute Gasteiger partial charge is 0.240 e. The Kier molecular flexibility index (Phi) is 6.47. The lowest BCUT2D eigenvalue weighted by Crippen LogP contribution is -2.44. The molecular formula is C16H23BrN2O3S. The van der Waals surface area contributed by atoms with Gasteiger partial charge in [-0.25, -0.2) is 8.42 Å². The van der Waals surface area contributed by atoms with Gasteiger partial charge in [0.2, 0.25) is 15.9 Å². The van der Waals surface area contributed by atoms with Gasteiger partial charge in [-0.15, -0.1) is 0 Å². The van der Waals surface area contributed by atoms with Crippen LogP contribution in [0, 0.1) is 0 Å². The summed E-state index contributed by atoms with van der Waals surface area (Å²) in [6.07, 6.45) is 7.72. The van der Waals surface area contributed by atoms with E-state index in [1.165, 1.54) is 12.8 Å². The lowest BCUT2D eigenvalue weighted by atomic mass is 10.1. The average Bonchev–Trinajstić information content (AvgIpc) is 2.72. The number of carbonyl (C=O) groups is 1. The molecule has 1 amide bonds. The summed E-state index contributed by atoms with van der Waals surface area (Å²) < 4.78 is 26.0. The molecule has 0 radical (unpaired) electrons. The van der Waals surface area contributed by atoms with E-state index >= 15 is 0 Å². The van der Waals surface area contributed by atoms with Crippen LogP contribution in [-0.2, 0) is 14.8 Å². The van der Waals surface area contributed by atoms with Gasteiger partial charge in [-0.2, -0.15) is 0 Å². The number of benzene rings is 1. The summed E-state index contributed by atoms with van der Waals surface area (Å²) in [5.41, 5.74) is 0.484. The molecule has 0 bridgehead atoms. The third kappa shape index (κ3) is 5.80. The highest BCUT2D eigenvalue weighted by atomic mass is 79.9. The topological polar surface area (TPSA) is 66.5 Å². The SMILES string of the molecule is CS(=O)(=O)N(CC(=O)NC1CCCCCC1)c1cccc(Br)c1. The van der Waals surface area contributed by atoms with Gasteiger partial charge in [0.15, 0.2) is 0 Å². The van der Waals surface area contributed by atoms with Crippen molar-refractivity contribution >= 4 is 37.5 Å². The van der Waals surface area contributed by atoms with E-state index in [-0.39, 0.29) is 18.5 Å². The summed E-state index contributed by atoms with van der Waals surface area (Å²) in [4.78, 5) is 12.3. The summed E-state index contributed by atoms with van der Waals surface area (Å²) in [7, 11) is -3.53. The molecular weight excluding hydrogens is 380 g/mol. The minimum Gasteiger partial charge on any atom is -0.352 e. The fourth-order valence-electron chi connectivity index (χ4n) is 2.86. The molecule has 1 aliphatic carbocycles. The Hall–Kier alpha value is -1.08. The zero-order valence-electron chi connectivity index (χ0n) is 13.3. The summed E-state index contributed by atoms with van der Waals surface area (Å²) in [6.45, 7) is -0.189. The summed E-state index contributed by atoms with van der Waals surface area (Å²) in [6, 6.07) is 7.11. The van der Waals surface area contributed by atoms with Crippen molar-refractivity contribution in [3.63, 3.8) is 0 Å². The van der Waals surface area contributed by atoms with E-state index in [0.717, 1.165) is 40.7 Å². The van der Waals surface area contributed by atoms with Crippen LogP contribution in [0.15, 0.2) is 28.7 Å². The molecule has 0 saturated heterocycles. The van der Waals surface area contributed by atoms with Crippen molar-refractivity contribution in [1.82, 2.24) is 5.32 Å². The van der Waals surface area contributed by atoms with Gasteiger partial charge in [0.05, 0.1) is 11.9 Å². The van der Waals surface area contributed by atoms with Gasteiger partial charge in [0, 0.05) is 10.5 Å². The number of carbonyl (C=O) groups excluding carboxylic acids is 1. The number of hydrogen-bond donors (Lipinski definition) is 1. The molecule has 2 rings (SSSR count). The van der Waals surface area contributed by atoms with Gasteiger partial charge in [0.1, 0.15) is 6.54 Å². The van der Waals surface area contributed by atoms with Crippen LogP contribution < -0.4 is 9.62 Å². The second-order valence-corrected chi connectivity index (χ2v) is 8.83. The van der Waals surface area contributed by atoms with Crippen LogP contribution in [-0.4, -0.2) is 33.2 Å². The Bertz CT molecular complexity index is 640. The molecule has 7 heteroatoms. The number of halogens is 1. The molecule has 0 aromatic heterocycles. The van der Waals surface area contributed by atoms with Crippen LogP contribution in [0.5, 0.6) is 0 Å². The summed E-state index contributed by atoms with van der Waals surface area (Å²) in [5, 5.41) is 2.99. The van der Waals surface area contributed by atoms with Gasteiger partial charge in [-0.05, 0) is 31.0 Å². The van der Waals surface area contributed by atoms with Crippen molar-refractivity contribution in [1.29, 1.82) is 0 Å². The molecule has 0 aliphatic heterocycles. The van der Waals surface area contributed by atoms with Crippen molar-refractivity contribution in [2.24, 2.45) is 0 Å². The maximum atomic E-state index is 12.3. The standard InChI is InChI=1S/C16H23BrN2O3S/c1-23(21,22)19(15-10-6-7-13(17)11-15)12-16(20)18-14-8-4-2-3-5-9-14/h6-7,10-11,14H,2-5,8-9,12H2,1H3,(H,18,20). The molecule has 1 aromatic carbocycles. The molecule has 5 nitrogen and oxygen atoms in total. The van der Waals surface area contributed by atoms with Crippen LogP contribution in [0.2, 0.25) is 0 Å². The first-order chi connectivity index (χ1) is 10.9. The lowest BCUT2D eigenvalue weighted by Gasteiger charge is -2.24. The Morgan fingerprint density at radius 2 is 1.91 bits per heavy atom. The summed E-state index contributed by atoms with van der Waals surface area (Å²) >= 11 is 3.33. The van der Waals surface area contributed by atoms with E-state index < -0.39 is 10.0 Å². The van der Waals surface area contributed by atoms with E-state index in [0.29, 0.717) is 5.69 Å². The highest BCUT2D eigenvalue weighted by Gasteiger charge is 2.22. The van der Waals surface area contributed by atoms with Crippen molar-refractivity contribution in [3.05, 3.63) is 28.7 Å². The fourth-order valence-corrected chi connectivity index (χ4v) is 4.09. The lowest BCUT2D eigenvalue weighted by molar-refractivity contribution is -0.120. The molecule has 1 fully saturated rings. The van der Waals surface area contributed by atoms with Crippen molar-refractivity contribution in [2.45, 2.75) is 44.6 Å². The average molecular weight is 403 g/mol. The highest BCUT2D eigenvalue weighted by Crippen LogP contribution is 2.22. The highest BCUT2D eigenvalue weighted by molar-refractivity contribution is 9.10. The van der Waals surface area contributed by atoms with Gasteiger partial charge in [-0.1, -0.05) is 47.7 Å². The van der Waals surface area contributed by atoms with E-state index in [1.807, 2.05) is 6.07 Å². The Morgan fingerprint density at radius 3 is 2.48 bits per heavy atom. The Balaban J connectivity index is 2.07. The zero-order chi connectivity index (χ0) is 16.9. The number of nitrogens with one attached hydrogen (secondary N) is 1. The van der Waals surface area contributed by atoms with Crippen molar-refractivity contribution < 1.29 is 13.2 Å². The van der Waals surface area contributed by atoms with Gasteiger partial charge in [-0.3, -0.25) is 9.10 Å². The number of anilines is 1. The third-order valence-corrected chi connectivity index (χ3v) is 5.64. The summed E-state index contributed by atoms with van der Waals surface area (Å²) in [5.74, 6) is -0.248. The molecule has 0 unspecified atom stereocenters. The number of nitrogens with zero attached hydrogens (tertiary/aromatic N) is 1. The second kappa shape index (κ2) is 8.15. The van der Waals surface area contributed by atoms with Gasteiger partial charge < -0.3 is 5.32 Å². The Labute approximate surface area is 146 Å². The van der Waals surface area contributed by atoms with Crippen LogP contribution in [0.25, 0.3) is 0 Å². The normalized spacial score (nSPS) is 16.6. The van der Waals surface area contributed by atoms with E-state index in [1.54, 1.807) is 18.2 Å². The van der Waals surface area contributed by atoms with Crippen LogP contribution in [0.4, 0.5) is 5.69 Å². The molecule has 23 heavy (non-hydrogen) atoms. The molecule has 0 heterocycles. The van der Waals surface area contributed by atoms with E-state index in [4.69, 9.17) is 0 Å². The van der Waals surface area contributed by atoms with Gasteiger partial charge in [0.25, 0.3) is 0 Å². The number of rotatable bonds is 5. The maximum absolute atomic E-state index is 12.3. The fraction of sp³-hybridized carbons (Fsp3) is 0.562. The van der Waals surface area contributed by atoms with Crippen molar-refractivity contribution in [2.75, 3.05) is 17.1 Å². The number of hydrogen-bond acceptors (Lipinski definition) is 3.